The van der Waals surface area contributed by atoms with Crippen LogP contribution in [0.4, 0.5) is 42.9 Å². The molecule has 0 aliphatic carbocycles. The molecule has 12 rings (SSSR count). The van der Waals surface area contributed by atoms with Gasteiger partial charge in [-0.3, -0.25) is 0 Å². The van der Waals surface area contributed by atoms with Crippen LogP contribution in [0, 0.1) is 39.3 Å². The lowest BCUT2D eigenvalue weighted by Gasteiger charge is -2.32. The number of benzene rings is 12. The second-order valence-electron chi connectivity index (χ2n) is 24.0. The first kappa shape index (κ1) is 51.9. The second-order valence-corrected chi connectivity index (χ2v) is 24.0. The molecule has 4 heteroatoms. The number of nitrogens with zero attached hydrogens (tertiary/aromatic N) is 2. The SMILES string of the molecule is Cc1cccc(-c2cc(F)c(N(c3ccc(C(C)(C)C)cc3)c3ccc4ccc5c(N(c6ccc(C(C)(C)C)cc6)c6c(F)cc(-c7cccc(C)c7)cc6-c6cccc(C)c6)ccc6ccc3c4c65)c(-c3cccc(C)c3)c2)c1. The van der Waals surface area contributed by atoms with Gasteiger partial charge >= 0.3 is 0 Å². The number of hydrogen-bond donors (Lipinski definition) is 0. The molecule has 394 valence electrons. The van der Waals surface area contributed by atoms with Crippen LogP contribution in [-0.2, 0) is 10.8 Å². The molecule has 12 aromatic rings. The highest BCUT2D eigenvalue weighted by molar-refractivity contribution is 6.28. The predicted octanol–water partition coefficient (Wildman–Crippen LogP) is 22.3. The number of rotatable bonds is 10. The van der Waals surface area contributed by atoms with Crippen LogP contribution in [0.1, 0.15) is 74.9 Å². The third kappa shape index (κ3) is 9.57. The van der Waals surface area contributed by atoms with Crippen molar-refractivity contribution in [3.8, 4) is 44.5 Å². The van der Waals surface area contributed by atoms with E-state index in [0.29, 0.717) is 11.4 Å². The molecular formula is C76H66F2N2. The average Bonchev–Trinajstić information content (AvgIpc) is 2.79. The van der Waals surface area contributed by atoms with Crippen LogP contribution in [-0.4, -0.2) is 0 Å². The van der Waals surface area contributed by atoms with Crippen LogP contribution in [0.2, 0.25) is 0 Å². The van der Waals surface area contributed by atoms with Crippen molar-refractivity contribution < 1.29 is 8.78 Å². The topological polar surface area (TPSA) is 6.48 Å². The van der Waals surface area contributed by atoms with E-state index in [-0.39, 0.29) is 22.5 Å². The number of hydrogen-bond acceptors (Lipinski definition) is 2. The van der Waals surface area contributed by atoms with E-state index in [1.165, 1.54) is 11.1 Å². The lowest BCUT2D eigenvalue weighted by molar-refractivity contribution is 0.590. The van der Waals surface area contributed by atoms with Crippen molar-refractivity contribution in [2.75, 3.05) is 9.80 Å². The third-order valence-corrected chi connectivity index (χ3v) is 16.0. The second kappa shape index (κ2) is 20.1. The Morgan fingerprint density at radius 1 is 0.312 bits per heavy atom. The van der Waals surface area contributed by atoms with Gasteiger partial charge in [0.1, 0.15) is 11.6 Å². The zero-order chi connectivity index (χ0) is 55.8. The highest BCUT2D eigenvalue weighted by atomic mass is 19.1. The Labute approximate surface area is 470 Å². The Hall–Kier alpha value is -8.86. The predicted molar refractivity (Wildman–Crippen MR) is 338 cm³/mol. The first-order chi connectivity index (χ1) is 38.4. The van der Waals surface area contributed by atoms with Crippen molar-refractivity contribution in [3.63, 3.8) is 0 Å². The molecule has 0 saturated heterocycles. The van der Waals surface area contributed by atoms with Gasteiger partial charge in [0.05, 0.1) is 22.7 Å². The molecule has 0 aromatic heterocycles. The highest BCUT2D eigenvalue weighted by Gasteiger charge is 2.29. The molecule has 0 saturated carbocycles. The van der Waals surface area contributed by atoms with Crippen molar-refractivity contribution >= 4 is 66.4 Å². The van der Waals surface area contributed by atoms with Gasteiger partial charge in [-0.05, 0) is 165 Å². The molecule has 12 aromatic carbocycles. The van der Waals surface area contributed by atoms with Crippen molar-refractivity contribution in [3.05, 3.63) is 263 Å². The Bertz CT molecular complexity index is 4050. The maximum atomic E-state index is 18.2. The molecular weight excluding hydrogens is 979 g/mol. The van der Waals surface area contributed by atoms with Gasteiger partial charge in [0.25, 0.3) is 0 Å². The van der Waals surface area contributed by atoms with E-state index < -0.39 is 0 Å². The molecule has 0 aliphatic rings. The fourth-order valence-corrected chi connectivity index (χ4v) is 11.9. The minimum Gasteiger partial charge on any atom is -0.307 e. The normalized spacial score (nSPS) is 12.0. The summed E-state index contributed by atoms with van der Waals surface area (Å²) in [6.45, 7) is 21.6. The molecule has 0 atom stereocenters. The summed E-state index contributed by atoms with van der Waals surface area (Å²) >= 11 is 0. The molecule has 0 amide bonds. The van der Waals surface area contributed by atoms with Crippen LogP contribution in [0.25, 0.3) is 76.8 Å². The van der Waals surface area contributed by atoms with Gasteiger partial charge in [-0.25, -0.2) is 8.78 Å². The van der Waals surface area contributed by atoms with Gasteiger partial charge in [-0.15, -0.1) is 0 Å². The van der Waals surface area contributed by atoms with Crippen LogP contribution in [0.3, 0.4) is 0 Å². The number of halogens is 2. The van der Waals surface area contributed by atoms with Crippen LogP contribution >= 0.6 is 0 Å². The summed E-state index contributed by atoms with van der Waals surface area (Å²) < 4.78 is 36.4. The summed E-state index contributed by atoms with van der Waals surface area (Å²) in [5.74, 6) is -0.664. The first-order valence-corrected chi connectivity index (χ1v) is 27.8. The minimum absolute atomic E-state index is 0.100. The zero-order valence-electron chi connectivity index (χ0n) is 47.4. The van der Waals surface area contributed by atoms with E-state index in [9.17, 15) is 0 Å². The van der Waals surface area contributed by atoms with Crippen LogP contribution in [0.5, 0.6) is 0 Å². The summed E-state index contributed by atoms with van der Waals surface area (Å²) in [5, 5.41) is 6.11. The summed E-state index contributed by atoms with van der Waals surface area (Å²) in [5.41, 5.74) is 17.8. The van der Waals surface area contributed by atoms with E-state index in [1.807, 2.05) is 12.1 Å². The van der Waals surface area contributed by atoms with Crippen LogP contribution < -0.4 is 9.80 Å². The zero-order valence-corrected chi connectivity index (χ0v) is 47.4. The van der Waals surface area contributed by atoms with E-state index in [4.69, 9.17) is 0 Å². The quantitative estimate of drug-likeness (QED) is 0.126. The molecule has 0 spiro atoms. The molecule has 0 unspecified atom stereocenters. The number of anilines is 6. The minimum atomic E-state index is -0.332. The monoisotopic (exact) mass is 1040 g/mol. The van der Waals surface area contributed by atoms with Gasteiger partial charge in [0.15, 0.2) is 0 Å². The molecule has 0 N–H and O–H groups in total. The maximum Gasteiger partial charge on any atom is 0.148 e. The largest absolute Gasteiger partial charge is 0.307 e. The molecule has 0 heterocycles. The Balaban J connectivity index is 1.14. The molecule has 0 fully saturated rings. The average molecular weight is 1050 g/mol. The lowest BCUT2D eigenvalue weighted by atomic mass is 9.86. The van der Waals surface area contributed by atoms with Crippen molar-refractivity contribution in [1.29, 1.82) is 0 Å². The fourth-order valence-electron chi connectivity index (χ4n) is 11.9. The van der Waals surface area contributed by atoms with Gasteiger partial charge in [0.2, 0.25) is 0 Å². The molecule has 2 nitrogen and oxygen atoms in total. The molecule has 0 radical (unpaired) electrons. The van der Waals surface area contributed by atoms with E-state index in [0.717, 1.165) is 122 Å². The van der Waals surface area contributed by atoms with Gasteiger partial charge in [0, 0.05) is 33.3 Å². The van der Waals surface area contributed by atoms with Crippen LogP contribution in [0.15, 0.2) is 218 Å². The standard InChI is InChI=1S/C76H66F2N2/c1-47-15-11-19-53(39-47)57-43-65(55-21-13-17-49(3)41-55)73(67(77)45-57)79(61-31-27-59(28-32-61)75(5,6)7)69-37-25-51-24-36-64-70(38-26-52-23-35-63(69)71(51)72(52)64)80(62-33-29-60(30-34-62)76(8,9)10)74-66(56-22-14-18-50(4)42-56)44-58(46-68(74)78)54-20-12-16-48(2)40-54/h11-46H,1-10H3. The fraction of sp³-hybridized carbons (Fsp3) is 0.158. The van der Waals surface area contributed by atoms with Crippen molar-refractivity contribution in [2.24, 2.45) is 0 Å². The van der Waals surface area contributed by atoms with E-state index >= 15 is 8.78 Å². The van der Waals surface area contributed by atoms with Crippen molar-refractivity contribution in [1.82, 2.24) is 0 Å². The van der Waals surface area contributed by atoms with E-state index in [1.54, 1.807) is 12.1 Å². The molecule has 80 heavy (non-hydrogen) atoms. The Morgan fingerprint density at radius 2 is 0.637 bits per heavy atom. The lowest BCUT2D eigenvalue weighted by Crippen LogP contribution is -2.16. The Kier molecular flexibility index (Phi) is 13.0. The smallest absolute Gasteiger partial charge is 0.148 e. The highest BCUT2D eigenvalue weighted by Crippen LogP contribution is 2.52. The Morgan fingerprint density at radius 3 is 0.975 bits per heavy atom. The molecule has 0 bridgehead atoms. The summed E-state index contributed by atoms with van der Waals surface area (Å²) in [7, 11) is 0. The summed E-state index contributed by atoms with van der Waals surface area (Å²) in [6, 6.07) is 75.7. The van der Waals surface area contributed by atoms with Gasteiger partial charge in [-0.1, -0.05) is 222 Å². The maximum absolute atomic E-state index is 18.2. The van der Waals surface area contributed by atoms with Crippen molar-refractivity contribution in [2.45, 2.75) is 80.1 Å². The first-order valence-electron chi connectivity index (χ1n) is 27.8. The number of aryl methyl sites for hydroxylation is 4. The third-order valence-electron chi connectivity index (χ3n) is 16.0. The van der Waals surface area contributed by atoms with Gasteiger partial charge in [-0.2, -0.15) is 0 Å². The molecule has 0 aliphatic heterocycles. The summed E-state index contributed by atoms with van der Waals surface area (Å²) in [4.78, 5) is 4.27. The van der Waals surface area contributed by atoms with E-state index in [2.05, 4.69) is 273 Å². The van der Waals surface area contributed by atoms with Gasteiger partial charge < -0.3 is 9.80 Å². The summed E-state index contributed by atoms with van der Waals surface area (Å²) in [6.07, 6.45) is 0.